The van der Waals surface area contributed by atoms with E-state index in [1.165, 1.54) is 16.3 Å². The first-order chi connectivity index (χ1) is 6.13. The maximum absolute atomic E-state index is 11.8. The summed E-state index contributed by atoms with van der Waals surface area (Å²) in [5.41, 5.74) is 0. The minimum atomic E-state index is -0.602. The first kappa shape index (κ1) is 11.9. The van der Waals surface area contributed by atoms with Crippen LogP contribution in [0.5, 0.6) is 0 Å². The maximum Gasteiger partial charge on any atom is 0.299 e. The van der Waals surface area contributed by atoms with Crippen LogP contribution in [0.25, 0.3) is 0 Å². The van der Waals surface area contributed by atoms with Crippen molar-refractivity contribution >= 4 is 34.9 Å². The lowest BCUT2D eigenvalue weighted by Crippen LogP contribution is -2.33. The number of carbonyl (C=O) groups excluding carboxylic acids is 2. The normalized spacial score (nSPS) is 21.9. The Morgan fingerprint density at radius 1 is 1.29 bits per heavy atom. The molecule has 3 nitrogen and oxygen atoms in total. The zero-order chi connectivity index (χ0) is 11.1. The van der Waals surface area contributed by atoms with Gasteiger partial charge in [0, 0.05) is 4.75 Å². The molecule has 0 radical (unpaired) electrons. The number of amides is 2. The smallest absolute Gasteiger partial charge is 0.272 e. The van der Waals surface area contributed by atoms with E-state index in [4.69, 9.17) is 0 Å². The summed E-state index contributed by atoms with van der Waals surface area (Å²) < 4.78 is 0.562. The molecule has 1 aliphatic heterocycles. The average molecular weight is 233 g/mol. The monoisotopic (exact) mass is 233 g/mol. The van der Waals surface area contributed by atoms with Gasteiger partial charge in [0.15, 0.2) is 0 Å². The molecule has 1 heterocycles. The molecule has 0 N–H and O–H groups in total. The molecule has 0 aromatic heterocycles. The van der Waals surface area contributed by atoms with Crippen LogP contribution in [0.2, 0.25) is 0 Å². The Balaban J connectivity index is 2.82. The quantitative estimate of drug-likeness (QED) is 0.653. The van der Waals surface area contributed by atoms with Crippen LogP contribution in [0.4, 0.5) is 4.79 Å². The van der Waals surface area contributed by atoms with Crippen LogP contribution in [0, 0.1) is 0 Å². The van der Waals surface area contributed by atoms with Gasteiger partial charge in [-0.2, -0.15) is 0 Å². The van der Waals surface area contributed by atoms with Crippen molar-refractivity contribution in [3.63, 3.8) is 0 Å². The maximum atomic E-state index is 11.8. The van der Waals surface area contributed by atoms with Gasteiger partial charge in [-0.05, 0) is 58.3 Å². The molecule has 0 bridgehead atoms. The summed E-state index contributed by atoms with van der Waals surface area (Å²) in [4.78, 5) is 23.3. The van der Waals surface area contributed by atoms with E-state index < -0.39 is 4.75 Å². The first-order valence-electron chi connectivity index (χ1n) is 4.40. The highest BCUT2D eigenvalue weighted by atomic mass is 32.2. The summed E-state index contributed by atoms with van der Waals surface area (Å²) in [5.74, 6) is -0.104. The summed E-state index contributed by atoms with van der Waals surface area (Å²) in [6.07, 6.45) is 0. The number of hydrogen-bond acceptors (Lipinski definition) is 4. The molecule has 2 amide bonds. The van der Waals surface area contributed by atoms with Gasteiger partial charge in [0.25, 0.3) is 11.1 Å². The van der Waals surface area contributed by atoms with Crippen molar-refractivity contribution in [3.05, 3.63) is 0 Å². The van der Waals surface area contributed by atoms with Gasteiger partial charge in [0.05, 0.1) is 4.75 Å². The van der Waals surface area contributed by atoms with E-state index in [2.05, 4.69) is 0 Å². The largest absolute Gasteiger partial charge is 0.299 e. The molecule has 5 heteroatoms. The van der Waals surface area contributed by atoms with Crippen LogP contribution in [0.3, 0.4) is 0 Å². The second-order valence-corrected chi connectivity index (χ2v) is 8.03. The second-order valence-electron chi connectivity index (χ2n) is 4.68. The molecule has 0 unspecified atom stereocenters. The molecule has 0 atom stereocenters. The van der Waals surface area contributed by atoms with E-state index in [0.717, 1.165) is 11.8 Å². The predicted octanol–water partition coefficient (Wildman–Crippen LogP) is 2.91. The van der Waals surface area contributed by atoms with Crippen LogP contribution in [0.15, 0.2) is 0 Å². The third kappa shape index (κ3) is 2.45. The van der Waals surface area contributed by atoms with Crippen molar-refractivity contribution in [1.29, 1.82) is 0 Å². The minimum absolute atomic E-state index is 0.104. The molecule has 1 saturated heterocycles. The van der Waals surface area contributed by atoms with Gasteiger partial charge in [-0.15, -0.1) is 0 Å². The molecule has 1 aliphatic rings. The van der Waals surface area contributed by atoms with Crippen LogP contribution >= 0.6 is 23.7 Å². The van der Waals surface area contributed by atoms with Gasteiger partial charge in [0.2, 0.25) is 0 Å². The molecule has 0 aliphatic carbocycles. The summed E-state index contributed by atoms with van der Waals surface area (Å²) in [6, 6.07) is 0. The molecule has 80 valence electrons. The van der Waals surface area contributed by atoms with E-state index in [-0.39, 0.29) is 15.9 Å². The molecule has 0 aromatic rings. The molecule has 1 rings (SSSR count). The Kier molecular flexibility index (Phi) is 2.94. The fourth-order valence-electron chi connectivity index (χ4n) is 0.983. The molecular formula is C9H15NO2S2. The van der Waals surface area contributed by atoms with Gasteiger partial charge < -0.3 is 0 Å². The number of thioether (sulfide) groups is 1. The van der Waals surface area contributed by atoms with Gasteiger partial charge in [-0.25, -0.2) is 4.31 Å². The lowest BCUT2D eigenvalue weighted by atomic mass is 10.2. The lowest BCUT2D eigenvalue weighted by Gasteiger charge is -2.23. The van der Waals surface area contributed by atoms with Crippen molar-refractivity contribution in [2.24, 2.45) is 0 Å². The molecule has 1 fully saturated rings. The van der Waals surface area contributed by atoms with E-state index in [1.807, 2.05) is 20.8 Å². The number of rotatable bonds is 1. The zero-order valence-corrected chi connectivity index (χ0v) is 10.7. The zero-order valence-electron chi connectivity index (χ0n) is 9.08. The number of nitrogens with zero attached hydrogens (tertiary/aromatic N) is 1. The first-order valence-corrected chi connectivity index (χ1v) is 5.99. The third-order valence-corrected chi connectivity index (χ3v) is 3.79. The van der Waals surface area contributed by atoms with Crippen molar-refractivity contribution in [2.75, 3.05) is 0 Å². The summed E-state index contributed by atoms with van der Waals surface area (Å²) in [5, 5.41) is -0.153. The Bertz CT molecular complexity index is 281. The van der Waals surface area contributed by atoms with Crippen molar-refractivity contribution in [3.8, 4) is 0 Å². The van der Waals surface area contributed by atoms with Crippen LogP contribution < -0.4 is 0 Å². The Morgan fingerprint density at radius 2 is 1.79 bits per heavy atom. The Labute approximate surface area is 93.1 Å². The summed E-state index contributed by atoms with van der Waals surface area (Å²) >= 11 is 2.39. The predicted molar refractivity (Wildman–Crippen MR) is 61.3 cm³/mol. The van der Waals surface area contributed by atoms with E-state index in [1.54, 1.807) is 13.8 Å². The fourth-order valence-corrected chi connectivity index (χ4v) is 2.98. The average Bonchev–Trinajstić information content (AvgIpc) is 2.10. The van der Waals surface area contributed by atoms with Gasteiger partial charge in [-0.3, -0.25) is 9.59 Å². The summed E-state index contributed by atoms with van der Waals surface area (Å²) in [7, 11) is 0. The minimum Gasteiger partial charge on any atom is -0.272 e. The van der Waals surface area contributed by atoms with E-state index >= 15 is 0 Å². The third-order valence-electron chi connectivity index (χ3n) is 1.57. The van der Waals surface area contributed by atoms with Gasteiger partial charge in [-0.1, -0.05) is 0 Å². The Morgan fingerprint density at radius 3 is 2.07 bits per heavy atom. The molecule has 0 saturated carbocycles. The van der Waals surface area contributed by atoms with Crippen molar-refractivity contribution in [2.45, 2.75) is 44.1 Å². The molecule has 14 heavy (non-hydrogen) atoms. The molecule has 0 aromatic carbocycles. The number of imide groups is 1. The standard InChI is InChI=1S/C9H15NO2S2/c1-8(2,3)14-10-6(11)9(4,5)13-7(10)12/h1-5H3. The SMILES string of the molecule is CC(C)(C)SN1C(=O)SC(C)(C)C1=O. The number of carbonyl (C=O) groups is 2. The van der Waals surface area contributed by atoms with Crippen LogP contribution in [-0.2, 0) is 4.79 Å². The van der Waals surface area contributed by atoms with Crippen molar-refractivity contribution < 1.29 is 9.59 Å². The highest BCUT2D eigenvalue weighted by Gasteiger charge is 2.47. The number of hydrogen-bond donors (Lipinski definition) is 0. The molecular weight excluding hydrogens is 218 g/mol. The second kappa shape index (κ2) is 3.45. The van der Waals surface area contributed by atoms with Gasteiger partial charge >= 0.3 is 0 Å². The topological polar surface area (TPSA) is 37.4 Å². The fraction of sp³-hybridized carbons (Fsp3) is 0.778. The Hall–Kier alpha value is -0.160. The lowest BCUT2D eigenvalue weighted by molar-refractivity contribution is -0.125. The van der Waals surface area contributed by atoms with E-state index in [0.29, 0.717) is 0 Å². The van der Waals surface area contributed by atoms with Crippen LogP contribution in [-0.4, -0.2) is 24.9 Å². The highest BCUT2D eigenvalue weighted by molar-refractivity contribution is 8.18. The van der Waals surface area contributed by atoms with Crippen molar-refractivity contribution in [1.82, 2.24) is 4.31 Å². The van der Waals surface area contributed by atoms with Crippen LogP contribution in [0.1, 0.15) is 34.6 Å². The highest BCUT2D eigenvalue weighted by Crippen LogP contribution is 2.43. The summed E-state index contributed by atoms with van der Waals surface area (Å²) in [6.45, 7) is 9.50. The van der Waals surface area contributed by atoms with E-state index in [9.17, 15) is 9.59 Å². The molecule has 0 spiro atoms. The van der Waals surface area contributed by atoms with Gasteiger partial charge in [0.1, 0.15) is 0 Å².